The number of sulfonamides is 1. The third kappa shape index (κ3) is 4.80. The van der Waals surface area contributed by atoms with E-state index < -0.39 is 10.0 Å². The molecule has 0 bridgehead atoms. The molecule has 1 aromatic carbocycles. The molecule has 0 radical (unpaired) electrons. The number of ether oxygens (including phenoxy) is 1. The number of nitrogens with zero attached hydrogens (tertiary/aromatic N) is 2. The zero-order valence-corrected chi connectivity index (χ0v) is 15.6. The van der Waals surface area contributed by atoms with Crippen LogP contribution in [0.2, 0.25) is 0 Å². The minimum Gasteiger partial charge on any atom is -0.379 e. The Morgan fingerprint density at radius 2 is 1.88 bits per heavy atom. The predicted octanol–water partition coefficient (Wildman–Crippen LogP) is -0.657. The largest absolute Gasteiger partial charge is 0.379 e. The van der Waals surface area contributed by atoms with Gasteiger partial charge in [-0.05, 0) is 18.2 Å². The molecule has 0 atom stereocenters. The van der Waals surface area contributed by atoms with Crippen molar-refractivity contribution < 1.29 is 17.9 Å². The Kier molecular flexibility index (Phi) is 6.60. The standard InChI is InChI=1S/C17H26N4O4S/c22-17(19-6-9-20-7-4-18-5-8-20)15-2-1-3-16(14-15)26(23,24)21-10-12-25-13-11-21/h1-3,14,18H,4-13H2,(H,19,22). The lowest BCUT2D eigenvalue weighted by Crippen LogP contribution is -2.46. The predicted molar refractivity (Wildman–Crippen MR) is 97.7 cm³/mol. The highest BCUT2D eigenvalue weighted by atomic mass is 32.2. The van der Waals surface area contributed by atoms with Gasteiger partial charge in [0.05, 0.1) is 18.1 Å². The normalized spacial score (nSPS) is 20.0. The monoisotopic (exact) mass is 382 g/mol. The van der Waals surface area contributed by atoms with Gasteiger partial charge >= 0.3 is 0 Å². The van der Waals surface area contributed by atoms with Crippen LogP contribution in [0.25, 0.3) is 0 Å². The van der Waals surface area contributed by atoms with E-state index in [1.165, 1.54) is 16.4 Å². The molecule has 0 aliphatic carbocycles. The van der Waals surface area contributed by atoms with Crippen LogP contribution in [-0.4, -0.2) is 89.1 Å². The molecule has 2 saturated heterocycles. The SMILES string of the molecule is O=C(NCCN1CCNCC1)c1cccc(S(=O)(=O)N2CCOCC2)c1. The van der Waals surface area contributed by atoms with Crippen molar-refractivity contribution in [2.24, 2.45) is 0 Å². The fourth-order valence-electron chi connectivity index (χ4n) is 3.10. The molecular formula is C17H26N4O4S. The summed E-state index contributed by atoms with van der Waals surface area (Å²) in [5.41, 5.74) is 0.361. The number of benzene rings is 1. The number of amides is 1. The van der Waals surface area contributed by atoms with Crippen molar-refractivity contribution in [3.05, 3.63) is 29.8 Å². The maximum absolute atomic E-state index is 12.7. The van der Waals surface area contributed by atoms with E-state index in [1.54, 1.807) is 12.1 Å². The Balaban J connectivity index is 1.59. The molecule has 1 amide bonds. The molecule has 9 heteroatoms. The first-order valence-electron chi connectivity index (χ1n) is 8.96. The Morgan fingerprint density at radius 3 is 2.62 bits per heavy atom. The number of morpholine rings is 1. The summed E-state index contributed by atoms with van der Waals surface area (Å²) in [5, 5.41) is 6.16. The average molecular weight is 382 g/mol. The summed E-state index contributed by atoms with van der Waals surface area (Å²) in [6.07, 6.45) is 0. The first-order valence-corrected chi connectivity index (χ1v) is 10.4. The molecule has 2 heterocycles. The van der Waals surface area contributed by atoms with Crippen LogP contribution in [-0.2, 0) is 14.8 Å². The number of piperazine rings is 1. The van der Waals surface area contributed by atoms with Crippen molar-refractivity contribution >= 4 is 15.9 Å². The summed E-state index contributed by atoms with van der Waals surface area (Å²) < 4.78 is 32.0. The summed E-state index contributed by atoms with van der Waals surface area (Å²) in [6, 6.07) is 6.23. The highest BCUT2D eigenvalue weighted by Gasteiger charge is 2.26. The van der Waals surface area contributed by atoms with Crippen molar-refractivity contribution in [2.75, 3.05) is 65.6 Å². The molecule has 2 fully saturated rings. The van der Waals surface area contributed by atoms with Gasteiger partial charge in [-0.1, -0.05) is 6.07 Å². The lowest BCUT2D eigenvalue weighted by atomic mass is 10.2. The molecule has 0 saturated carbocycles. The van der Waals surface area contributed by atoms with Gasteiger partial charge in [-0.15, -0.1) is 0 Å². The number of carbonyl (C=O) groups is 1. The molecule has 3 rings (SSSR count). The number of carbonyl (C=O) groups excluding carboxylic acids is 1. The topological polar surface area (TPSA) is 91.0 Å². The van der Waals surface area contributed by atoms with Gasteiger partial charge in [0.15, 0.2) is 0 Å². The highest BCUT2D eigenvalue weighted by Crippen LogP contribution is 2.18. The van der Waals surface area contributed by atoms with Crippen molar-refractivity contribution in [1.82, 2.24) is 19.8 Å². The summed E-state index contributed by atoms with van der Waals surface area (Å²) in [7, 11) is -3.60. The molecule has 8 nitrogen and oxygen atoms in total. The van der Waals surface area contributed by atoms with Gasteiger partial charge in [0.25, 0.3) is 5.91 Å². The number of hydrogen-bond acceptors (Lipinski definition) is 6. The van der Waals surface area contributed by atoms with E-state index in [1.807, 2.05) is 0 Å². The van der Waals surface area contributed by atoms with Crippen LogP contribution in [0.5, 0.6) is 0 Å². The Labute approximate surface area is 154 Å². The van der Waals surface area contributed by atoms with E-state index in [0.717, 1.165) is 32.7 Å². The van der Waals surface area contributed by atoms with E-state index in [2.05, 4.69) is 15.5 Å². The van der Waals surface area contributed by atoms with Gasteiger partial charge in [-0.2, -0.15) is 4.31 Å². The summed E-state index contributed by atoms with van der Waals surface area (Å²) in [6.45, 7) is 6.68. The smallest absolute Gasteiger partial charge is 0.251 e. The molecular weight excluding hydrogens is 356 g/mol. The van der Waals surface area contributed by atoms with Crippen molar-refractivity contribution in [3.63, 3.8) is 0 Å². The minimum atomic E-state index is -3.60. The lowest BCUT2D eigenvalue weighted by Gasteiger charge is -2.27. The molecule has 2 aliphatic rings. The van der Waals surface area contributed by atoms with Crippen molar-refractivity contribution in [3.8, 4) is 0 Å². The van der Waals surface area contributed by atoms with Crippen LogP contribution in [0.3, 0.4) is 0 Å². The van der Waals surface area contributed by atoms with Crippen LogP contribution in [0.4, 0.5) is 0 Å². The zero-order chi connectivity index (χ0) is 18.4. The van der Waals surface area contributed by atoms with Crippen LogP contribution in [0, 0.1) is 0 Å². The summed E-state index contributed by atoms with van der Waals surface area (Å²) in [4.78, 5) is 14.8. The lowest BCUT2D eigenvalue weighted by molar-refractivity contribution is 0.0730. The third-order valence-electron chi connectivity index (χ3n) is 4.63. The maximum atomic E-state index is 12.7. The Bertz CT molecular complexity index is 713. The van der Waals surface area contributed by atoms with Gasteiger partial charge < -0.3 is 15.4 Å². The Morgan fingerprint density at radius 1 is 1.15 bits per heavy atom. The quantitative estimate of drug-likeness (QED) is 0.679. The van der Waals surface area contributed by atoms with E-state index in [9.17, 15) is 13.2 Å². The number of hydrogen-bond donors (Lipinski definition) is 2. The van der Waals surface area contributed by atoms with Crippen LogP contribution in [0.1, 0.15) is 10.4 Å². The second-order valence-corrected chi connectivity index (χ2v) is 8.33. The van der Waals surface area contributed by atoms with Crippen molar-refractivity contribution in [2.45, 2.75) is 4.90 Å². The van der Waals surface area contributed by atoms with Crippen molar-refractivity contribution in [1.29, 1.82) is 0 Å². The van der Waals surface area contributed by atoms with Gasteiger partial charge in [-0.25, -0.2) is 8.42 Å². The van der Waals surface area contributed by atoms with E-state index in [-0.39, 0.29) is 10.8 Å². The zero-order valence-electron chi connectivity index (χ0n) is 14.8. The molecule has 26 heavy (non-hydrogen) atoms. The molecule has 2 N–H and O–H groups in total. The molecule has 1 aromatic rings. The van der Waals surface area contributed by atoms with E-state index >= 15 is 0 Å². The maximum Gasteiger partial charge on any atom is 0.251 e. The van der Waals surface area contributed by atoms with Gasteiger partial charge in [-0.3, -0.25) is 9.69 Å². The third-order valence-corrected chi connectivity index (χ3v) is 6.52. The van der Waals surface area contributed by atoms with Crippen LogP contribution >= 0.6 is 0 Å². The molecule has 0 aromatic heterocycles. The first-order chi connectivity index (χ1) is 12.6. The summed E-state index contributed by atoms with van der Waals surface area (Å²) in [5.74, 6) is -0.251. The first kappa shape index (κ1) is 19.2. The molecule has 0 spiro atoms. The van der Waals surface area contributed by atoms with Gasteiger partial charge in [0, 0.05) is 57.9 Å². The van der Waals surface area contributed by atoms with Gasteiger partial charge in [0.2, 0.25) is 10.0 Å². The number of nitrogens with one attached hydrogen (secondary N) is 2. The second-order valence-electron chi connectivity index (χ2n) is 6.39. The number of rotatable bonds is 6. The average Bonchev–Trinajstić information content (AvgIpc) is 2.69. The molecule has 2 aliphatic heterocycles. The Hall–Kier alpha value is -1.52. The van der Waals surface area contributed by atoms with Gasteiger partial charge in [0.1, 0.15) is 0 Å². The summed E-state index contributed by atoms with van der Waals surface area (Å²) >= 11 is 0. The van der Waals surface area contributed by atoms with Crippen LogP contribution < -0.4 is 10.6 Å². The fourth-order valence-corrected chi connectivity index (χ4v) is 4.55. The van der Waals surface area contributed by atoms with E-state index in [0.29, 0.717) is 38.4 Å². The second kappa shape index (κ2) is 8.92. The highest BCUT2D eigenvalue weighted by molar-refractivity contribution is 7.89. The van der Waals surface area contributed by atoms with E-state index in [4.69, 9.17) is 4.74 Å². The minimum absolute atomic E-state index is 0.147. The fraction of sp³-hybridized carbons (Fsp3) is 0.588. The molecule has 144 valence electrons. The molecule has 0 unspecified atom stereocenters. The van der Waals surface area contributed by atoms with Crippen LogP contribution in [0.15, 0.2) is 29.2 Å².